The molecule has 0 atom stereocenters. The molecule has 0 saturated carbocycles. The Kier molecular flexibility index (Phi) is 3.42. The molecule has 0 spiro atoms. The molecule has 1 aliphatic heterocycles. The fourth-order valence-electron chi connectivity index (χ4n) is 2.16. The molecule has 2 nitrogen and oxygen atoms in total. The zero-order valence-corrected chi connectivity index (χ0v) is 11.8. The summed E-state index contributed by atoms with van der Waals surface area (Å²) in [6, 6.07) is 11.1. The summed E-state index contributed by atoms with van der Waals surface area (Å²) in [6.07, 6.45) is 0.942. The maximum Gasteiger partial charge on any atom is 0.129 e. The molecule has 0 fully saturated rings. The summed E-state index contributed by atoms with van der Waals surface area (Å²) in [7, 11) is 0. The van der Waals surface area contributed by atoms with Gasteiger partial charge in [0.05, 0.1) is 6.61 Å². The van der Waals surface area contributed by atoms with Gasteiger partial charge in [-0.25, -0.2) is 4.39 Å². The Morgan fingerprint density at radius 1 is 1.21 bits per heavy atom. The van der Waals surface area contributed by atoms with Crippen LogP contribution in [0.1, 0.15) is 11.1 Å². The average molecular weight is 322 g/mol. The van der Waals surface area contributed by atoms with Crippen molar-refractivity contribution in [1.29, 1.82) is 0 Å². The van der Waals surface area contributed by atoms with Gasteiger partial charge in [-0.3, -0.25) is 0 Å². The Labute approximate surface area is 119 Å². The predicted octanol–water partition coefficient (Wildman–Crippen LogP) is 4.14. The van der Waals surface area contributed by atoms with Crippen LogP contribution in [0, 0.1) is 5.82 Å². The molecule has 4 heteroatoms. The number of rotatable bonds is 3. The van der Waals surface area contributed by atoms with Crippen molar-refractivity contribution in [2.75, 3.05) is 11.9 Å². The minimum Gasteiger partial charge on any atom is -0.493 e. The summed E-state index contributed by atoms with van der Waals surface area (Å²) < 4.78 is 19.9. The molecule has 0 bridgehead atoms. The molecule has 0 aromatic heterocycles. The van der Waals surface area contributed by atoms with Gasteiger partial charge in [0.15, 0.2) is 0 Å². The van der Waals surface area contributed by atoms with E-state index in [9.17, 15) is 4.39 Å². The fraction of sp³-hybridized carbons (Fsp3) is 0.200. The second kappa shape index (κ2) is 5.21. The Hall–Kier alpha value is -1.55. The van der Waals surface area contributed by atoms with Crippen molar-refractivity contribution in [2.45, 2.75) is 13.0 Å². The molecule has 19 heavy (non-hydrogen) atoms. The van der Waals surface area contributed by atoms with Crippen LogP contribution in [0.3, 0.4) is 0 Å². The number of ether oxygens (including phenoxy) is 1. The van der Waals surface area contributed by atoms with Crippen molar-refractivity contribution >= 4 is 21.6 Å². The van der Waals surface area contributed by atoms with Gasteiger partial charge >= 0.3 is 0 Å². The van der Waals surface area contributed by atoms with Gasteiger partial charge in [0.25, 0.3) is 0 Å². The molecule has 1 N–H and O–H groups in total. The van der Waals surface area contributed by atoms with E-state index in [-0.39, 0.29) is 5.82 Å². The summed E-state index contributed by atoms with van der Waals surface area (Å²) in [5.74, 6) is 0.756. The van der Waals surface area contributed by atoms with Gasteiger partial charge in [0.2, 0.25) is 0 Å². The normalized spacial score (nSPS) is 12.9. The second-order valence-corrected chi connectivity index (χ2v) is 5.43. The van der Waals surface area contributed by atoms with Gasteiger partial charge in [-0.1, -0.05) is 22.0 Å². The molecule has 98 valence electrons. The number of anilines is 1. The number of hydrogen-bond acceptors (Lipinski definition) is 2. The Morgan fingerprint density at radius 2 is 2.11 bits per heavy atom. The summed E-state index contributed by atoms with van der Waals surface area (Å²) >= 11 is 3.25. The smallest absolute Gasteiger partial charge is 0.129 e. The molecule has 0 saturated heterocycles. The summed E-state index contributed by atoms with van der Waals surface area (Å²) in [4.78, 5) is 0. The van der Waals surface area contributed by atoms with Crippen LogP contribution >= 0.6 is 15.9 Å². The van der Waals surface area contributed by atoms with Gasteiger partial charge in [-0.2, -0.15) is 0 Å². The van der Waals surface area contributed by atoms with E-state index >= 15 is 0 Å². The Morgan fingerprint density at radius 3 is 2.95 bits per heavy atom. The Bertz CT molecular complexity index is 615. The lowest BCUT2D eigenvalue weighted by Gasteiger charge is -2.09. The van der Waals surface area contributed by atoms with Crippen LogP contribution in [-0.4, -0.2) is 6.61 Å². The van der Waals surface area contributed by atoms with E-state index in [1.807, 2.05) is 18.2 Å². The standard InChI is InChI=1S/C15H13BrFNO/c16-12-2-1-11(14(17)8-12)9-18-13-3-4-15-10(7-13)5-6-19-15/h1-4,7-8,18H,5-6,9H2. The van der Waals surface area contributed by atoms with E-state index in [2.05, 4.69) is 27.3 Å². The fourth-order valence-corrected chi connectivity index (χ4v) is 2.49. The van der Waals surface area contributed by atoms with E-state index in [0.29, 0.717) is 12.1 Å². The summed E-state index contributed by atoms with van der Waals surface area (Å²) in [5, 5.41) is 3.24. The third-order valence-electron chi connectivity index (χ3n) is 3.19. The van der Waals surface area contributed by atoms with Crippen LogP contribution in [0.25, 0.3) is 0 Å². The highest BCUT2D eigenvalue weighted by atomic mass is 79.9. The van der Waals surface area contributed by atoms with Crippen molar-refractivity contribution in [3.05, 3.63) is 57.8 Å². The highest BCUT2D eigenvalue weighted by Gasteiger charge is 2.12. The van der Waals surface area contributed by atoms with Crippen LogP contribution < -0.4 is 10.1 Å². The lowest BCUT2D eigenvalue weighted by molar-refractivity contribution is 0.357. The highest BCUT2D eigenvalue weighted by molar-refractivity contribution is 9.10. The predicted molar refractivity (Wildman–Crippen MR) is 77.1 cm³/mol. The van der Waals surface area contributed by atoms with E-state index in [0.717, 1.165) is 28.9 Å². The van der Waals surface area contributed by atoms with Gasteiger partial charge in [0, 0.05) is 28.7 Å². The lowest BCUT2D eigenvalue weighted by atomic mass is 10.1. The minimum atomic E-state index is -0.202. The van der Waals surface area contributed by atoms with E-state index in [1.54, 1.807) is 6.07 Å². The maximum absolute atomic E-state index is 13.7. The van der Waals surface area contributed by atoms with Gasteiger partial charge in [-0.15, -0.1) is 0 Å². The topological polar surface area (TPSA) is 21.3 Å². The van der Waals surface area contributed by atoms with E-state index in [4.69, 9.17) is 4.74 Å². The first kappa shape index (κ1) is 12.5. The number of fused-ring (bicyclic) bond motifs is 1. The first-order chi connectivity index (χ1) is 9.22. The number of halogens is 2. The maximum atomic E-state index is 13.7. The van der Waals surface area contributed by atoms with Crippen LogP contribution in [0.15, 0.2) is 40.9 Å². The van der Waals surface area contributed by atoms with Gasteiger partial charge in [-0.05, 0) is 35.9 Å². The number of hydrogen-bond donors (Lipinski definition) is 1. The monoisotopic (exact) mass is 321 g/mol. The van der Waals surface area contributed by atoms with E-state index < -0.39 is 0 Å². The molecule has 1 aliphatic rings. The Balaban J connectivity index is 1.72. The van der Waals surface area contributed by atoms with Crippen molar-refractivity contribution < 1.29 is 9.13 Å². The molecule has 3 rings (SSSR count). The SMILES string of the molecule is Fc1cc(Br)ccc1CNc1ccc2c(c1)CCO2. The highest BCUT2D eigenvalue weighted by Crippen LogP contribution is 2.28. The molecule has 0 amide bonds. The van der Waals surface area contributed by atoms with Crippen LogP contribution in [-0.2, 0) is 13.0 Å². The van der Waals surface area contributed by atoms with Crippen LogP contribution in [0.2, 0.25) is 0 Å². The molecule has 2 aromatic rings. The minimum absolute atomic E-state index is 0.202. The first-order valence-electron chi connectivity index (χ1n) is 6.16. The van der Waals surface area contributed by atoms with Crippen molar-refractivity contribution in [1.82, 2.24) is 0 Å². The summed E-state index contributed by atoms with van der Waals surface area (Å²) in [6.45, 7) is 1.22. The molecule has 2 aromatic carbocycles. The van der Waals surface area contributed by atoms with Crippen molar-refractivity contribution in [3.63, 3.8) is 0 Å². The average Bonchev–Trinajstić information content (AvgIpc) is 2.85. The van der Waals surface area contributed by atoms with Gasteiger partial charge < -0.3 is 10.1 Å². The molecule has 0 unspecified atom stereocenters. The third kappa shape index (κ3) is 2.73. The molecule has 0 aliphatic carbocycles. The largest absolute Gasteiger partial charge is 0.493 e. The van der Waals surface area contributed by atoms with E-state index in [1.165, 1.54) is 11.6 Å². The first-order valence-corrected chi connectivity index (χ1v) is 6.95. The molecular weight excluding hydrogens is 309 g/mol. The molecular formula is C15H13BrFNO. The van der Waals surface area contributed by atoms with Crippen LogP contribution in [0.4, 0.5) is 10.1 Å². The van der Waals surface area contributed by atoms with Gasteiger partial charge in [0.1, 0.15) is 11.6 Å². The number of benzene rings is 2. The van der Waals surface area contributed by atoms with Crippen LogP contribution in [0.5, 0.6) is 5.75 Å². The zero-order valence-electron chi connectivity index (χ0n) is 10.2. The second-order valence-electron chi connectivity index (χ2n) is 4.51. The third-order valence-corrected chi connectivity index (χ3v) is 3.68. The lowest BCUT2D eigenvalue weighted by Crippen LogP contribution is -2.02. The molecule has 0 radical (unpaired) electrons. The zero-order chi connectivity index (χ0) is 13.2. The summed E-state index contributed by atoms with van der Waals surface area (Å²) in [5.41, 5.74) is 2.85. The quantitative estimate of drug-likeness (QED) is 0.917. The van der Waals surface area contributed by atoms with Crippen molar-refractivity contribution in [2.24, 2.45) is 0 Å². The number of nitrogens with one attached hydrogen (secondary N) is 1. The van der Waals surface area contributed by atoms with Crippen molar-refractivity contribution in [3.8, 4) is 5.75 Å². The molecule has 1 heterocycles.